The molecule has 2 aromatic rings. The molecule has 1 aromatic carbocycles. The lowest BCUT2D eigenvalue weighted by atomic mass is 9.99. The maximum absolute atomic E-state index is 4.85. The average Bonchev–Trinajstić information content (AvgIpc) is 2.84. The Balaban J connectivity index is 1.75. The van der Waals surface area contributed by atoms with Gasteiger partial charge in [-0.3, -0.25) is 0 Å². The third-order valence-electron chi connectivity index (χ3n) is 3.38. The molecular formula is C14H17N3O. The fraction of sp³-hybridized carbons (Fsp3) is 0.357. The second kappa shape index (κ2) is 5.33. The van der Waals surface area contributed by atoms with Crippen LogP contribution in [0.15, 0.2) is 41.1 Å². The van der Waals surface area contributed by atoms with Crippen LogP contribution in [0.25, 0.3) is 0 Å². The lowest BCUT2D eigenvalue weighted by Crippen LogP contribution is -2.22. The second-order valence-electron chi connectivity index (χ2n) is 4.59. The summed E-state index contributed by atoms with van der Waals surface area (Å²) in [7, 11) is 0. The number of nitrogens with one attached hydrogen (secondary N) is 2. The number of nitrogens with zero attached hydrogens (tertiary/aromatic N) is 1. The first-order valence-electron chi connectivity index (χ1n) is 6.34. The highest BCUT2D eigenvalue weighted by Gasteiger charge is 2.17. The first kappa shape index (κ1) is 11.4. The Hall–Kier alpha value is -1.65. The van der Waals surface area contributed by atoms with Crippen LogP contribution < -0.4 is 10.6 Å². The monoisotopic (exact) mass is 243 g/mol. The summed E-state index contributed by atoms with van der Waals surface area (Å²) in [5.74, 6) is 0. The van der Waals surface area contributed by atoms with Crippen molar-refractivity contribution in [3.8, 4) is 0 Å². The van der Waals surface area contributed by atoms with Gasteiger partial charge in [0, 0.05) is 25.2 Å². The molecule has 2 N–H and O–H groups in total. The van der Waals surface area contributed by atoms with Crippen molar-refractivity contribution >= 4 is 0 Å². The van der Waals surface area contributed by atoms with Gasteiger partial charge in [-0.2, -0.15) is 0 Å². The van der Waals surface area contributed by atoms with Crippen molar-refractivity contribution in [2.75, 3.05) is 6.54 Å². The average molecular weight is 243 g/mol. The molecule has 0 bridgehead atoms. The zero-order chi connectivity index (χ0) is 12.2. The fourth-order valence-electron chi connectivity index (χ4n) is 2.43. The lowest BCUT2D eigenvalue weighted by Gasteiger charge is -2.18. The van der Waals surface area contributed by atoms with Gasteiger partial charge in [-0.15, -0.1) is 0 Å². The summed E-state index contributed by atoms with van der Waals surface area (Å²) in [6, 6.07) is 10.9. The number of aromatic nitrogens is 1. The predicted molar refractivity (Wildman–Crippen MR) is 68.8 cm³/mol. The van der Waals surface area contributed by atoms with E-state index in [1.165, 1.54) is 11.1 Å². The minimum Gasteiger partial charge on any atom is -0.364 e. The molecule has 0 aliphatic carbocycles. The van der Waals surface area contributed by atoms with Crippen molar-refractivity contribution in [1.82, 2.24) is 15.8 Å². The summed E-state index contributed by atoms with van der Waals surface area (Å²) >= 11 is 0. The molecule has 4 nitrogen and oxygen atoms in total. The van der Waals surface area contributed by atoms with E-state index in [0.717, 1.165) is 31.7 Å². The number of fused-ring (bicyclic) bond motifs is 1. The number of benzene rings is 1. The molecule has 0 radical (unpaired) electrons. The topological polar surface area (TPSA) is 50.1 Å². The van der Waals surface area contributed by atoms with Gasteiger partial charge in [-0.1, -0.05) is 29.4 Å². The first-order chi connectivity index (χ1) is 8.93. The van der Waals surface area contributed by atoms with Gasteiger partial charge in [0.2, 0.25) is 0 Å². The fourth-order valence-corrected chi connectivity index (χ4v) is 2.43. The smallest absolute Gasteiger partial charge is 0.124 e. The Morgan fingerprint density at radius 2 is 2.28 bits per heavy atom. The van der Waals surface area contributed by atoms with Crippen LogP contribution in [0, 0.1) is 0 Å². The predicted octanol–water partition coefficient (Wildman–Crippen LogP) is 2.00. The van der Waals surface area contributed by atoms with E-state index < -0.39 is 0 Å². The Morgan fingerprint density at radius 1 is 1.33 bits per heavy atom. The van der Waals surface area contributed by atoms with Crippen LogP contribution in [0.3, 0.4) is 0 Å². The van der Waals surface area contributed by atoms with E-state index in [0.29, 0.717) is 6.04 Å². The van der Waals surface area contributed by atoms with Crippen LogP contribution in [-0.4, -0.2) is 11.7 Å². The SMILES string of the molecule is c1ccc2c(c1)CNCCC2NCc1ccon1. The van der Waals surface area contributed by atoms with Crippen LogP contribution in [-0.2, 0) is 13.1 Å². The third-order valence-corrected chi connectivity index (χ3v) is 3.38. The van der Waals surface area contributed by atoms with Crippen molar-refractivity contribution < 1.29 is 4.52 Å². The third kappa shape index (κ3) is 2.44. The maximum atomic E-state index is 4.85. The number of hydrogen-bond donors (Lipinski definition) is 2. The molecule has 94 valence electrons. The van der Waals surface area contributed by atoms with E-state index in [4.69, 9.17) is 4.52 Å². The standard InChI is InChI=1S/C14H17N3O/c1-2-4-13-11(3-1)9-15-7-5-14(13)16-10-12-6-8-18-17-12/h1-4,6,8,14-16H,5,7,9-10H2. The molecule has 0 amide bonds. The summed E-state index contributed by atoms with van der Waals surface area (Å²) in [5.41, 5.74) is 3.73. The summed E-state index contributed by atoms with van der Waals surface area (Å²) in [6.07, 6.45) is 2.70. The van der Waals surface area contributed by atoms with Crippen molar-refractivity contribution in [2.24, 2.45) is 0 Å². The molecule has 3 rings (SSSR count). The van der Waals surface area contributed by atoms with Crippen LogP contribution >= 0.6 is 0 Å². The summed E-state index contributed by atoms with van der Waals surface area (Å²) in [5, 5.41) is 10.9. The highest BCUT2D eigenvalue weighted by atomic mass is 16.5. The van der Waals surface area contributed by atoms with Gasteiger partial charge >= 0.3 is 0 Å². The van der Waals surface area contributed by atoms with E-state index in [-0.39, 0.29) is 0 Å². The van der Waals surface area contributed by atoms with Crippen molar-refractivity contribution in [2.45, 2.75) is 25.6 Å². The highest BCUT2D eigenvalue weighted by Crippen LogP contribution is 2.23. The molecule has 1 aliphatic heterocycles. The van der Waals surface area contributed by atoms with E-state index >= 15 is 0 Å². The van der Waals surface area contributed by atoms with Crippen LogP contribution in [0.4, 0.5) is 0 Å². The number of rotatable bonds is 3. The zero-order valence-electron chi connectivity index (χ0n) is 10.2. The number of hydrogen-bond acceptors (Lipinski definition) is 4. The van der Waals surface area contributed by atoms with Crippen LogP contribution in [0.5, 0.6) is 0 Å². The molecule has 1 aliphatic rings. The lowest BCUT2D eigenvalue weighted by molar-refractivity contribution is 0.402. The van der Waals surface area contributed by atoms with Crippen LogP contribution in [0.1, 0.15) is 29.3 Å². The Bertz CT molecular complexity index is 496. The summed E-state index contributed by atoms with van der Waals surface area (Å²) < 4.78 is 4.85. The van der Waals surface area contributed by atoms with Crippen molar-refractivity contribution in [1.29, 1.82) is 0 Å². The first-order valence-corrected chi connectivity index (χ1v) is 6.34. The van der Waals surface area contributed by atoms with E-state index in [1.54, 1.807) is 6.26 Å². The zero-order valence-corrected chi connectivity index (χ0v) is 10.2. The molecule has 0 saturated heterocycles. The summed E-state index contributed by atoms with van der Waals surface area (Å²) in [4.78, 5) is 0. The second-order valence-corrected chi connectivity index (χ2v) is 4.59. The maximum Gasteiger partial charge on any atom is 0.124 e. The van der Waals surface area contributed by atoms with Crippen molar-refractivity contribution in [3.05, 3.63) is 53.4 Å². The molecule has 0 spiro atoms. The molecule has 0 saturated carbocycles. The van der Waals surface area contributed by atoms with Gasteiger partial charge in [0.15, 0.2) is 0 Å². The van der Waals surface area contributed by atoms with E-state index in [2.05, 4.69) is 40.1 Å². The van der Waals surface area contributed by atoms with Gasteiger partial charge in [0.25, 0.3) is 0 Å². The quantitative estimate of drug-likeness (QED) is 0.865. The van der Waals surface area contributed by atoms with Gasteiger partial charge < -0.3 is 15.2 Å². The van der Waals surface area contributed by atoms with Gasteiger partial charge in [-0.05, 0) is 24.1 Å². The minimum atomic E-state index is 0.382. The Morgan fingerprint density at radius 3 is 3.17 bits per heavy atom. The molecule has 0 fully saturated rings. The summed E-state index contributed by atoms with van der Waals surface area (Å²) in [6.45, 7) is 2.74. The molecule has 2 heterocycles. The Labute approximate surface area is 106 Å². The largest absolute Gasteiger partial charge is 0.364 e. The molecule has 1 unspecified atom stereocenters. The molecular weight excluding hydrogens is 226 g/mol. The molecule has 18 heavy (non-hydrogen) atoms. The van der Waals surface area contributed by atoms with E-state index in [1.807, 2.05) is 6.07 Å². The van der Waals surface area contributed by atoms with Gasteiger partial charge in [0.1, 0.15) is 6.26 Å². The molecule has 4 heteroatoms. The van der Waals surface area contributed by atoms with Crippen LogP contribution in [0.2, 0.25) is 0 Å². The minimum absolute atomic E-state index is 0.382. The van der Waals surface area contributed by atoms with Gasteiger partial charge in [0.05, 0.1) is 5.69 Å². The van der Waals surface area contributed by atoms with E-state index in [9.17, 15) is 0 Å². The normalized spacial score (nSPS) is 19.2. The van der Waals surface area contributed by atoms with Crippen molar-refractivity contribution in [3.63, 3.8) is 0 Å². The molecule has 1 atom stereocenters. The molecule has 1 aromatic heterocycles. The Kier molecular flexibility index (Phi) is 3.39. The van der Waals surface area contributed by atoms with Gasteiger partial charge in [-0.25, -0.2) is 0 Å². The highest BCUT2D eigenvalue weighted by molar-refractivity contribution is 5.31.